The molecule has 1 saturated carbocycles. The maximum absolute atomic E-state index is 15.2. The summed E-state index contributed by atoms with van der Waals surface area (Å²) in [4.78, 5) is 12.5. The quantitative estimate of drug-likeness (QED) is 0.103. The van der Waals surface area contributed by atoms with Gasteiger partial charge in [-0.3, -0.25) is 0 Å². The van der Waals surface area contributed by atoms with Gasteiger partial charge in [0.15, 0.2) is 11.6 Å². The second kappa shape index (κ2) is 14.4. The van der Waals surface area contributed by atoms with Gasteiger partial charge in [0.05, 0.1) is 18.3 Å². The van der Waals surface area contributed by atoms with Crippen molar-refractivity contribution in [3.8, 4) is 22.6 Å². The maximum atomic E-state index is 15.2. The van der Waals surface area contributed by atoms with Crippen LogP contribution in [0.25, 0.3) is 11.1 Å². The molecule has 0 saturated heterocycles. The summed E-state index contributed by atoms with van der Waals surface area (Å²) in [7, 11) is 0. The first-order valence-electron chi connectivity index (χ1n) is 14.3. The Kier molecular flexibility index (Phi) is 10.6. The molecule has 1 N–H and O–H groups in total. The Morgan fingerprint density at radius 3 is 2.37 bits per heavy atom. The van der Waals surface area contributed by atoms with Gasteiger partial charge >= 0.3 is 5.97 Å². The van der Waals surface area contributed by atoms with Crippen LogP contribution < -0.4 is 9.47 Å². The van der Waals surface area contributed by atoms with Gasteiger partial charge in [0.1, 0.15) is 17.3 Å². The van der Waals surface area contributed by atoms with E-state index in [2.05, 4.69) is 6.58 Å². The smallest absolute Gasteiger partial charge is 0.346 e. The topological polar surface area (TPSA) is 55.8 Å². The minimum absolute atomic E-state index is 0.0799. The molecule has 1 aliphatic rings. The number of unbranched alkanes of at least 4 members (excludes halogenated alkanes) is 1. The van der Waals surface area contributed by atoms with Crippen molar-refractivity contribution in [3.05, 3.63) is 95.8 Å². The van der Waals surface area contributed by atoms with Crippen LogP contribution in [0.4, 0.5) is 13.2 Å². The molecule has 1 atom stereocenters. The molecule has 0 spiro atoms. The van der Waals surface area contributed by atoms with Crippen LogP contribution in [-0.4, -0.2) is 23.8 Å². The predicted molar refractivity (Wildman–Crippen MR) is 154 cm³/mol. The molecule has 218 valence electrons. The van der Waals surface area contributed by atoms with Crippen LogP contribution in [0.5, 0.6) is 11.5 Å². The molecule has 3 aromatic rings. The Labute approximate surface area is 239 Å². The third-order valence-electron chi connectivity index (χ3n) is 7.81. The molecule has 0 radical (unpaired) electrons. The number of allylic oxidation sites excluding steroid dienone is 1. The van der Waals surface area contributed by atoms with Crippen LogP contribution in [0.3, 0.4) is 0 Å². The van der Waals surface area contributed by atoms with Gasteiger partial charge in [0, 0.05) is 11.6 Å². The number of esters is 1. The number of aliphatic hydroxyl groups is 1. The van der Waals surface area contributed by atoms with Gasteiger partial charge in [-0.25, -0.2) is 18.0 Å². The number of halogens is 3. The Morgan fingerprint density at radius 2 is 1.71 bits per heavy atom. The van der Waals surface area contributed by atoms with Gasteiger partial charge in [-0.15, -0.1) is 6.58 Å². The van der Waals surface area contributed by atoms with Crippen LogP contribution in [0, 0.1) is 23.4 Å². The van der Waals surface area contributed by atoms with E-state index in [4.69, 9.17) is 9.47 Å². The highest BCUT2D eigenvalue weighted by atomic mass is 19.2. The molecule has 41 heavy (non-hydrogen) atoms. The fourth-order valence-corrected chi connectivity index (χ4v) is 5.48. The third-order valence-corrected chi connectivity index (χ3v) is 7.81. The molecular weight excluding hydrogens is 529 g/mol. The second-order valence-electron chi connectivity index (χ2n) is 10.6. The number of carbonyl (C=O) groups is 1. The van der Waals surface area contributed by atoms with Crippen molar-refractivity contribution < 1.29 is 32.5 Å². The van der Waals surface area contributed by atoms with Crippen LogP contribution in [0.1, 0.15) is 80.1 Å². The fraction of sp³-hybridized carbons (Fsp3) is 0.382. The summed E-state index contributed by atoms with van der Waals surface area (Å²) in [6.45, 7) is 6.08. The number of ether oxygens (including phenoxy) is 2. The lowest BCUT2D eigenvalue weighted by Crippen LogP contribution is -2.25. The normalized spacial score (nSPS) is 17.6. The number of hydrogen-bond acceptors (Lipinski definition) is 4. The van der Waals surface area contributed by atoms with Crippen LogP contribution in [0.2, 0.25) is 0 Å². The zero-order valence-corrected chi connectivity index (χ0v) is 23.4. The maximum Gasteiger partial charge on any atom is 0.346 e. The summed E-state index contributed by atoms with van der Waals surface area (Å²) in [6.07, 6.45) is 7.69. The van der Waals surface area contributed by atoms with Crippen molar-refractivity contribution in [3.63, 3.8) is 0 Å². The molecule has 0 heterocycles. The first-order chi connectivity index (χ1) is 19.8. The van der Waals surface area contributed by atoms with Crippen molar-refractivity contribution >= 4 is 5.97 Å². The minimum atomic E-state index is -0.922. The van der Waals surface area contributed by atoms with E-state index in [0.717, 1.165) is 44.6 Å². The SMILES string of the molecule is C=CCCCOc1ccc(C(=O)Oc2ccc(-c3ccc(C4CCC(C(O)CCC)CC4)c(F)c3F)cc2)c(F)c1. The zero-order valence-electron chi connectivity index (χ0n) is 23.4. The van der Waals surface area contributed by atoms with Crippen LogP contribution in [-0.2, 0) is 0 Å². The molecule has 0 amide bonds. The average molecular weight is 567 g/mol. The third kappa shape index (κ3) is 7.59. The Balaban J connectivity index is 1.39. The molecule has 0 aromatic heterocycles. The number of carbonyl (C=O) groups excluding carboxylic acids is 1. The van der Waals surface area contributed by atoms with Crippen molar-refractivity contribution in [2.24, 2.45) is 5.92 Å². The standard InChI is InChI=1S/C34H37F3O4/c1-3-5-6-20-40-26-16-17-29(30(35)21-26)34(39)41-25-14-12-23(13-15-25)28-19-18-27(32(36)33(28)37)22-8-10-24(11-9-22)31(38)7-4-2/h3,12-19,21-22,24,31,38H,1,4-11,20H2,2H3. The van der Waals surface area contributed by atoms with Gasteiger partial charge < -0.3 is 14.6 Å². The lowest BCUT2D eigenvalue weighted by Gasteiger charge is -2.32. The molecule has 3 aromatic carbocycles. The predicted octanol–water partition coefficient (Wildman–Crippen LogP) is 8.77. The van der Waals surface area contributed by atoms with Crippen molar-refractivity contribution in [2.45, 2.75) is 70.3 Å². The van der Waals surface area contributed by atoms with Gasteiger partial charge in [-0.1, -0.05) is 43.7 Å². The number of rotatable bonds is 12. The summed E-state index contributed by atoms with van der Waals surface area (Å²) in [5.41, 5.74) is 0.648. The van der Waals surface area contributed by atoms with Gasteiger partial charge in [0.25, 0.3) is 0 Å². The summed E-state index contributed by atoms with van der Waals surface area (Å²) in [5, 5.41) is 10.3. The summed E-state index contributed by atoms with van der Waals surface area (Å²) >= 11 is 0. The molecule has 7 heteroatoms. The molecular formula is C34H37F3O4. The summed E-state index contributed by atoms with van der Waals surface area (Å²) < 4.78 is 55.6. The molecule has 4 rings (SSSR count). The summed E-state index contributed by atoms with van der Waals surface area (Å²) in [5.74, 6) is -2.83. The lowest BCUT2D eigenvalue weighted by molar-refractivity contribution is 0.0724. The van der Waals surface area contributed by atoms with Gasteiger partial charge in [-0.2, -0.15) is 0 Å². The molecule has 1 fully saturated rings. The molecule has 0 aliphatic heterocycles. The molecule has 4 nitrogen and oxygen atoms in total. The summed E-state index contributed by atoms with van der Waals surface area (Å²) in [6, 6.07) is 13.1. The van der Waals surface area contributed by atoms with E-state index in [1.165, 1.54) is 36.4 Å². The Morgan fingerprint density at radius 1 is 1.00 bits per heavy atom. The minimum Gasteiger partial charge on any atom is -0.493 e. The van der Waals surface area contributed by atoms with E-state index in [-0.39, 0.29) is 34.8 Å². The van der Waals surface area contributed by atoms with E-state index in [1.807, 2.05) is 6.92 Å². The van der Waals surface area contributed by atoms with Crippen LogP contribution >= 0.6 is 0 Å². The van der Waals surface area contributed by atoms with Gasteiger partial charge in [0.2, 0.25) is 0 Å². The zero-order chi connectivity index (χ0) is 29.4. The molecule has 0 bridgehead atoms. The average Bonchev–Trinajstić information content (AvgIpc) is 2.97. The lowest BCUT2D eigenvalue weighted by atomic mass is 9.75. The highest BCUT2D eigenvalue weighted by Crippen LogP contribution is 2.40. The van der Waals surface area contributed by atoms with E-state index >= 15 is 8.78 Å². The monoisotopic (exact) mass is 566 g/mol. The van der Waals surface area contributed by atoms with Gasteiger partial charge in [-0.05, 0) is 92.2 Å². The van der Waals surface area contributed by atoms with Crippen molar-refractivity contribution in [2.75, 3.05) is 6.61 Å². The van der Waals surface area contributed by atoms with E-state index in [1.54, 1.807) is 18.2 Å². The second-order valence-corrected chi connectivity index (χ2v) is 10.6. The number of aliphatic hydroxyl groups excluding tert-OH is 1. The first kappa shape index (κ1) is 30.4. The van der Waals surface area contributed by atoms with E-state index < -0.39 is 23.4 Å². The number of benzene rings is 3. The van der Waals surface area contributed by atoms with Crippen molar-refractivity contribution in [1.29, 1.82) is 0 Å². The first-order valence-corrected chi connectivity index (χ1v) is 14.3. The van der Waals surface area contributed by atoms with Crippen molar-refractivity contribution in [1.82, 2.24) is 0 Å². The molecule has 1 aliphatic carbocycles. The Bertz CT molecular complexity index is 1330. The Hall–Kier alpha value is -3.58. The van der Waals surface area contributed by atoms with E-state index in [9.17, 15) is 14.3 Å². The van der Waals surface area contributed by atoms with Crippen LogP contribution in [0.15, 0.2) is 67.3 Å². The molecule has 1 unspecified atom stereocenters. The van der Waals surface area contributed by atoms with E-state index in [0.29, 0.717) is 36.3 Å². The fourth-order valence-electron chi connectivity index (χ4n) is 5.48. The number of hydrogen-bond donors (Lipinski definition) is 1. The highest BCUT2D eigenvalue weighted by Gasteiger charge is 2.29. The largest absolute Gasteiger partial charge is 0.493 e. The highest BCUT2D eigenvalue weighted by molar-refractivity contribution is 5.91.